The fourth-order valence-corrected chi connectivity index (χ4v) is 3.55. The van der Waals surface area contributed by atoms with Gasteiger partial charge in [-0.15, -0.1) is 0 Å². The number of rotatable bonds is 3. The van der Waals surface area contributed by atoms with E-state index in [0.29, 0.717) is 0 Å². The highest BCUT2D eigenvalue weighted by atomic mass is 79.9. The van der Waals surface area contributed by atoms with Crippen molar-refractivity contribution in [1.29, 1.82) is 0 Å². The maximum Gasteiger partial charge on any atom is 0.0457 e. The van der Waals surface area contributed by atoms with Crippen molar-refractivity contribution in [2.75, 3.05) is 0 Å². The number of hydrogen-bond acceptors (Lipinski definition) is 0. The van der Waals surface area contributed by atoms with Gasteiger partial charge in [-0.2, -0.15) is 0 Å². The van der Waals surface area contributed by atoms with Crippen molar-refractivity contribution in [3.8, 4) is 0 Å². The van der Waals surface area contributed by atoms with Crippen LogP contribution in [0.4, 0.5) is 0 Å². The molecule has 1 aromatic carbocycles. The number of fused-ring (bicyclic) bond motifs is 1. The van der Waals surface area contributed by atoms with Gasteiger partial charge in [0.15, 0.2) is 0 Å². The van der Waals surface area contributed by atoms with E-state index in [-0.39, 0.29) is 0 Å². The van der Waals surface area contributed by atoms with Crippen LogP contribution in [0.2, 0.25) is 0 Å². The average Bonchev–Trinajstić information content (AvgIpc) is 2.80. The molecule has 1 heterocycles. The van der Waals surface area contributed by atoms with Gasteiger partial charge in [0, 0.05) is 21.6 Å². The second-order valence-electron chi connectivity index (χ2n) is 5.55. The Morgan fingerprint density at radius 1 is 1.17 bits per heavy atom. The van der Waals surface area contributed by atoms with Crippen LogP contribution in [0, 0.1) is 5.92 Å². The van der Waals surface area contributed by atoms with Crippen molar-refractivity contribution in [3.05, 3.63) is 34.4 Å². The van der Waals surface area contributed by atoms with Crippen LogP contribution in [-0.2, 0) is 6.42 Å². The molecule has 0 aliphatic heterocycles. The number of benzene rings is 1. The van der Waals surface area contributed by atoms with Crippen molar-refractivity contribution >= 4 is 26.8 Å². The first-order valence-electron chi connectivity index (χ1n) is 7.08. The summed E-state index contributed by atoms with van der Waals surface area (Å²) in [5.41, 5.74) is 2.74. The molecule has 96 valence electrons. The van der Waals surface area contributed by atoms with Gasteiger partial charge in [-0.3, -0.25) is 0 Å². The van der Waals surface area contributed by atoms with Gasteiger partial charge in [-0.25, -0.2) is 0 Å². The maximum atomic E-state index is 3.57. The molecule has 2 aromatic rings. The largest absolute Gasteiger partial charge is 0.361 e. The SMILES string of the molecule is Brc1ccc2[nH]cc(CCC3CCCCC3)c2c1. The van der Waals surface area contributed by atoms with E-state index in [1.165, 1.54) is 65.9 Å². The summed E-state index contributed by atoms with van der Waals surface area (Å²) in [5.74, 6) is 0.968. The number of H-pyrrole nitrogens is 1. The van der Waals surface area contributed by atoms with E-state index in [4.69, 9.17) is 0 Å². The molecule has 1 fully saturated rings. The van der Waals surface area contributed by atoms with Gasteiger partial charge in [-0.1, -0.05) is 48.0 Å². The molecule has 1 aliphatic rings. The zero-order valence-corrected chi connectivity index (χ0v) is 12.3. The summed E-state index contributed by atoms with van der Waals surface area (Å²) in [6.45, 7) is 0. The minimum atomic E-state index is 0.968. The molecule has 0 radical (unpaired) electrons. The normalized spacial score (nSPS) is 17.4. The highest BCUT2D eigenvalue weighted by Crippen LogP contribution is 2.29. The number of aromatic amines is 1. The summed E-state index contributed by atoms with van der Waals surface area (Å²) < 4.78 is 1.17. The van der Waals surface area contributed by atoms with E-state index >= 15 is 0 Å². The van der Waals surface area contributed by atoms with Crippen LogP contribution >= 0.6 is 15.9 Å². The van der Waals surface area contributed by atoms with Crippen molar-refractivity contribution in [1.82, 2.24) is 4.98 Å². The Hall–Kier alpha value is -0.760. The van der Waals surface area contributed by atoms with Gasteiger partial charge >= 0.3 is 0 Å². The van der Waals surface area contributed by atoms with E-state index < -0.39 is 0 Å². The summed E-state index contributed by atoms with van der Waals surface area (Å²) >= 11 is 3.57. The number of aromatic nitrogens is 1. The molecule has 1 saturated carbocycles. The zero-order chi connectivity index (χ0) is 12.4. The van der Waals surface area contributed by atoms with Crippen LogP contribution in [0.3, 0.4) is 0 Å². The van der Waals surface area contributed by atoms with Crippen LogP contribution in [0.5, 0.6) is 0 Å². The number of nitrogens with one attached hydrogen (secondary N) is 1. The van der Waals surface area contributed by atoms with Crippen LogP contribution < -0.4 is 0 Å². The second-order valence-corrected chi connectivity index (χ2v) is 6.46. The Balaban J connectivity index is 1.72. The quantitative estimate of drug-likeness (QED) is 0.777. The third-order valence-corrected chi connectivity index (χ3v) is 4.77. The smallest absolute Gasteiger partial charge is 0.0457 e. The fraction of sp³-hybridized carbons (Fsp3) is 0.500. The molecule has 0 saturated heterocycles. The molecule has 1 N–H and O–H groups in total. The average molecular weight is 306 g/mol. The Kier molecular flexibility index (Phi) is 3.74. The molecule has 0 bridgehead atoms. The van der Waals surface area contributed by atoms with Gasteiger partial charge in [0.1, 0.15) is 0 Å². The van der Waals surface area contributed by atoms with E-state index in [9.17, 15) is 0 Å². The lowest BCUT2D eigenvalue weighted by molar-refractivity contribution is 0.339. The highest BCUT2D eigenvalue weighted by molar-refractivity contribution is 9.10. The van der Waals surface area contributed by atoms with E-state index in [2.05, 4.69) is 45.3 Å². The lowest BCUT2D eigenvalue weighted by Crippen LogP contribution is -2.07. The first-order chi connectivity index (χ1) is 8.83. The van der Waals surface area contributed by atoms with Crippen LogP contribution in [0.1, 0.15) is 44.1 Å². The standard InChI is InChI=1S/C16H20BrN/c17-14-8-9-16-15(10-14)13(11-18-16)7-6-12-4-2-1-3-5-12/h8-12,18H,1-7H2. The van der Waals surface area contributed by atoms with Crippen molar-refractivity contribution in [3.63, 3.8) is 0 Å². The lowest BCUT2D eigenvalue weighted by atomic mass is 9.85. The minimum absolute atomic E-state index is 0.968. The molecular formula is C16H20BrN. The molecule has 3 rings (SSSR count). The highest BCUT2D eigenvalue weighted by Gasteiger charge is 2.14. The first-order valence-corrected chi connectivity index (χ1v) is 7.88. The molecule has 0 atom stereocenters. The molecular weight excluding hydrogens is 286 g/mol. The lowest BCUT2D eigenvalue weighted by Gasteiger charge is -2.21. The molecule has 18 heavy (non-hydrogen) atoms. The molecule has 0 unspecified atom stereocenters. The maximum absolute atomic E-state index is 3.57. The van der Waals surface area contributed by atoms with Crippen LogP contribution in [0.25, 0.3) is 10.9 Å². The number of hydrogen-bond donors (Lipinski definition) is 1. The molecule has 1 aliphatic carbocycles. The van der Waals surface area contributed by atoms with Crippen LogP contribution in [-0.4, -0.2) is 4.98 Å². The Labute approximate surface area is 117 Å². The second kappa shape index (κ2) is 5.48. The van der Waals surface area contributed by atoms with E-state index in [1.54, 1.807) is 0 Å². The zero-order valence-electron chi connectivity index (χ0n) is 10.7. The topological polar surface area (TPSA) is 15.8 Å². The molecule has 1 nitrogen and oxygen atoms in total. The molecule has 0 spiro atoms. The minimum Gasteiger partial charge on any atom is -0.361 e. The van der Waals surface area contributed by atoms with Crippen molar-refractivity contribution in [2.24, 2.45) is 5.92 Å². The van der Waals surface area contributed by atoms with Gasteiger partial charge in [0.2, 0.25) is 0 Å². The Morgan fingerprint density at radius 3 is 2.83 bits per heavy atom. The molecule has 1 aromatic heterocycles. The van der Waals surface area contributed by atoms with E-state index in [1.807, 2.05) is 0 Å². The Bertz CT molecular complexity index is 523. The van der Waals surface area contributed by atoms with Gasteiger partial charge in [0.05, 0.1) is 0 Å². The summed E-state index contributed by atoms with van der Waals surface area (Å²) in [6, 6.07) is 6.50. The number of halogens is 1. The number of aryl methyl sites for hydroxylation is 1. The molecule has 0 amide bonds. The van der Waals surface area contributed by atoms with Gasteiger partial charge in [-0.05, 0) is 42.5 Å². The predicted octanol–water partition coefficient (Wildman–Crippen LogP) is 5.44. The summed E-state index contributed by atoms with van der Waals surface area (Å²) in [4.78, 5) is 3.38. The third-order valence-electron chi connectivity index (χ3n) is 4.28. The Morgan fingerprint density at radius 2 is 2.00 bits per heavy atom. The monoisotopic (exact) mass is 305 g/mol. The molecule has 2 heteroatoms. The van der Waals surface area contributed by atoms with Crippen molar-refractivity contribution in [2.45, 2.75) is 44.9 Å². The first kappa shape index (κ1) is 12.3. The van der Waals surface area contributed by atoms with Crippen molar-refractivity contribution < 1.29 is 0 Å². The summed E-state index contributed by atoms with van der Waals surface area (Å²) in [6.07, 6.45) is 12.0. The summed E-state index contributed by atoms with van der Waals surface area (Å²) in [5, 5.41) is 1.39. The van der Waals surface area contributed by atoms with E-state index in [0.717, 1.165) is 5.92 Å². The van der Waals surface area contributed by atoms with Gasteiger partial charge < -0.3 is 4.98 Å². The van der Waals surface area contributed by atoms with Gasteiger partial charge in [0.25, 0.3) is 0 Å². The predicted molar refractivity (Wildman–Crippen MR) is 80.9 cm³/mol. The third kappa shape index (κ3) is 2.64. The fourth-order valence-electron chi connectivity index (χ4n) is 3.19. The summed E-state index contributed by atoms with van der Waals surface area (Å²) in [7, 11) is 0. The van der Waals surface area contributed by atoms with Crippen LogP contribution in [0.15, 0.2) is 28.9 Å².